The molecule has 5 heteroatoms. The van der Waals surface area contributed by atoms with Gasteiger partial charge in [0, 0.05) is 6.54 Å². The topological polar surface area (TPSA) is 64.8 Å². The molecule has 5 nitrogen and oxygen atoms in total. The molecule has 17 heavy (non-hydrogen) atoms. The number of nitriles is 1. The first-order valence-electron chi connectivity index (χ1n) is 6.07. The lowest BCUT2D eigenvalue weighted by Gasteiger charge is -2.14. The van der Waals surface area contributed by atoms with Crippen molar-refractivity contribution in [1.29, 1.82) is 5.26 Å². The molecule has 0 aliphatic carbocycles. The summed E-state index contributed by atoms with van der Waals surface area (Å²) in [5.74, 6) is 0.741. The van der Waals surface area contributed by atoms with Gasteiger partial charge in [-0.25, -0.2) is 9.97 Å². The molecule has 1 aromatic heterocycles. The molecule has 0 amide bonds. The van der Waals surface area contributed by atoms with Crippen LogP contribution in [-0.2, 0) is 0 Å². The maximum atomic E-state index is 8.59. The molecule has 0 radical (unpaired) electrons. The highest BCUT2D eigenvalue weighted by Gasteiger charge is 2.09. The van der Waals surface area contributed by atoms with Gasteiger partial charge >= 0.3 is 0 Å². The van der Waals surface area contributed by atoms with E-state index in [9.17, 15) is 0 Å². The van der Waals surface area contributed by atoms with Gasteiger partial charge in [-0.2, -0.15) is 5.26 Å². The van der Waals surface area contributed by atoms with Crippen LogP contribution in [0.15, 0.2) is 12.4 Å². The standard InChI is InChI=1S/C12H17N5/c13-8-11-9-16-12(10-15-11)14-4-3-7-17-5-1-2-6-17/h9-10H,1-7H2,(H,14,16). The van der Waals surface area contributed by atoms with Gasteiger partial charge < -0.3 is 10.2 Å². The first-order valence-corrected chi connectivity index (χ1v) is 6.07. The molecule has 1 aliphatic rings. The number of nitrogens with one attached hydrogen (secondary N) is 1. The van der Waals surface area contributed by atoms with Crippen molar-refractivity contribution in [1.82, 2.24) is 14.9 Å². The fraction of sp³-hybridized carbons (Fsp3) is 0.583. The van der Waals surface area contributed by atoms with Crippen molar-refractivity contribution in [2.24, 2.45) is 0 Å². The van der Waals surface area contributed by atoms with E-state index < -0.39 is 0 Å². The predicted molar refractivity (Wildman–Crippen MR) is 65.5 cm³/mol. The van der Waals surface area contributed by atoms with Crippen LogP contribution >= 0.6 is 0 Å². The Morgan fingerprint density at radius 3 is 2.76 bits per heavy atom. The van der Waals surface area contributed by atoms with E-state index in [0.29, 0.717) is 5.69 Å². The van der Waals surface area contributed by atoms with E-state index in [-0.39, 0.29) is 0 Å². The molecule has 1 saturated heterocycles. The van der Waals surface area contributed by atoms with Crippen LogP contribution in [-0.4, -0.2) is 41.0 Å². The van der Waals surface area contributed by atoms with Gasteiger partial charge in [0.2, 0.25) is 0 Å². The third-order valence-electron chi connectivity index (χ3n) is 2.92. The second-order valence-corrected chi connectivity index (χ2v) is 4.23. The van der Waals surface area contributed by atoms with Gasteiger partial charge in [-0.05, 0) is 38.9 Å². The van der Waals surface area contributed by atoms with Gasteiger partial charge in [-0.1, -0.05) is 0 Å². The minimum absolute atomic E-state index is 0.354. The quantitative estimate of drug-likeness (QED) is 0.772. The smallest absolute Gasteiger partial charge is 0.158 e. The molecule has 2 rings (SSSR count). The molecule has 1 N–H and O–H groups in total. The highest BCUT2D eigenvalue weighted by molar-refractivity contribution is 5.32. The zero-order valence-electron chi connectivity index (χ0n) is 9.89. The maximum absolute atomic E-state index is 8.59. The van der Waals surface area contributed by atoms with Crippen molar-refractivity contribution >= 4 is 5.82 Å². The van der Waals surface area contributed by atoms with Crippen LogP contribution in [0.2, 0.25) is 0 Å². The average molecular weight is 231 g/mol. The Morgan fingerprint density at radius 2 is 2.12 bits per heavy atom. The summed E-state index contributed by atoms with van der Waals surface area (Å²) in [5.41, 5.74) is 0.354. The minimum Gasteiger partial charge on any atom is -0.369 e. The minimum atomic E-state index is 0.354. The zero-order chi connectivity index (χ0) is 11.9. The van der Waals surface area contributed by atoms with Crippen molar-refractivity contribution < 1.29 is 0 Å². The van der Waals surface area contributed by atoms with E-state index in [2.05, 4.69) is 20.2 Å². The Morgan fingerprint density at radius 1 is 1.29 bits per heavy atom. The molecule has 1 fully saturated rings. The number of hydrogen-bond donors (Lipinski definition) is 1. The molecule has 0 unspecified atom stereocenters. The fourth-order valence-electron chi connectivity index (χ4n) is 2.00. The molecule has 0 bridgehead atoms. The lowest BCUT2D eigenvalue weighted by molar-refractivity contribution is 0.337. The SMILES string of the molecule is N#Cc1cnc(NCCCN2CCCC2)cn1. The first-order chi connectivity index (χ1) is 8.38. The van der Waals surface area contributed by atoms with Crippen molar-refractivity contribution in [3.8, 4) is 6.07 Å². The van der Waals surface area contributed by atoms with E-state index >= 15 is 0 Å². The van der Waals surface area contributed by atoms with Crippen LogP contribution in [0.1, 0.15) is 25.0 Å². The summed E-state index contributed by atoms with van der Waals surface area (Å²) in [5, 5.41) is 11.8. The van der Waals surface area contributed by atoms with Gasteiger partial charge in [0.05, 0.1) is 12.4 Å². The Bertz CT molecular complexity index is 375. The highest BCUT2D eigenvalue weighted by Crippen LogP contribution is 2.07. The van der Waals surface area contributed by atoms with Gasteiger partial charge in [0.1, 0.15) is 11.9 Å². The second kappa shape index (κ2) is 6.16. The largest absolute Gasteiger partial charge is 0.369 e. The lowest BCUT2D eigenvalue weighted by atomic mass is 10.4. The number of nitrogens with zero attached hydrogens (tertiary/aromatic N) is 4. The summed E-state index contributed by atoms with van der Waals surface area (Å²) in [4.78, 5) is 10.6. The third kappa shape index (κ3) is 3.68. The summed E-state index contributed by atoms with van der Waals surface area (Å²) < 4.78 is 0. The number of hydrogen-bond acceptors (Lipinski definition) is 5. The van der Waals surface area contributed by atoms with Gasteiger partial charge in [-0.3, -0.25) is 0 Å². The molecular formula is C12H17N5. The average Bonchev–Trinajstić information content (AvgIpc) is 2.88. The molecule has 90 valence electrons. The Balaban J connectivity index is 1.65. The fourth-order valence-corrected chi connectivity index (χ4v) is 2.00. The van der Waals surface area contributed by atoms with Crippen LogP contribution in [0.25, 0.3) is 0 Å². The van der Waals surface area contributed by atoms with Crippen LogP contribution < -0.4 is 5.32 Å². The van der Waals surface area contributed by atoms with Crippen LogP contribution in [0.5, 0.6) is 0 Å². The number of rotatable bonds is 5. The summed E-state index contributed by atoms with van der Waals surface area (Å²) in [6, 6.07) is 1.95. The zero-order valence-corrected chi connectivity index (χ0v) is 9.89. The molecule has 0 saturated carbocycles. The van der Waals surface area contributed by atoms with Crippen molar-refractivity contribution in [3.05, 3.63) is 18.1 Å². The Hall–Kier alpha value is -1.67. The number of aromatic nitrogens is 2. The first kappa shape index (κ1) is 11.8. The molecule has 0 aromatic carbocycles. The monoisotopic (exact) mass is 231 g/mol. The van der Waals surface area contributed by atoms with Gasteiger partial charge in [-0.15, -0.1) is 0 Å². The Kier molecular flexibility index (Phi) is 4.28. The summed E-state index contributed by atoms with van der Waals surface area (Å²) in [7, 11) is 0. The predicted octanol–water partition coefficient (Wildman–Crippen LogP) is 1.25. The van der Waals surface area contributed by atoms with Crippen molar-refractivity contribution in [2.75, 3.05) is 31.5 Å². The highest BCUT2D eigenvalue weighted by atomic mass is 15.1. The van der Waals surface area contributed by atoms with Gasteiger partial charge in [0.15, 0.2) is 5.69 Å². The normalized spacial score (nSPS) is 15.7. The van der Waals surface area contributed by atoms with E-state index in [1.807, 2.05) is 6.07 Å². The lowest BCUT2D eigenvalue weighted by Crippen LogP contribution is -2.22. The molecule has 0 atom stereocenters. The third-order valence-corrected chi connectivity index (χ3v) is 2.92. The summed E-state index contributed by atoms with van der Waals surface area (Å²) >= 11 is 0. The Labute approximate surface area is 101 Å². The van der Waals surface area contributed by atoms with E-state index in [1.54, 1.807) is 6.20 Å². The molecule has 1 aliphatic heterocycles. The van der Waals surface area contributed by atoms with Crippen LogP contribution in [0, 0.1) is 11.3 Å². The number of likely N-dealkylation sites (tertiary alicyclic amines) is 1. The number of anilines is 1. The van der Waals surface area contributed by atoms with Crippen LogP contribution in [0.3, 0.4) is 0 Å². The summed E-state index contributed by atoms with van der Waals surface area (Å²) in [6.45, 7) is 4.54. The van der Waals surface area contributed by atoms with Crippen LogP contribution in [0.4, 0.5) is 5.82 Å². The molecule has 0 spiro atoms. The van der Waals surface area contributed by atoms with Gasteiger partial charge in [0.25, 0.3) is 0 Å². The molecule has 2 heterocycles. The van der Waals surface area contributed by atoms with Crippen molar-refractivity contribution in [2.45, 2.75) is 19.3 Å². The van der Waals surface area contributed by atoms with E-state index in [1.165, 1.54) is 32.1 Å². The molecular weight excluding hydrogens is 214 g/mol. The molecule has 1 aromatic rings. The summed E-state index contributed by atoms with van der Waals surface area (Å²) in [6.07, 6.45) is 6.89. The van der Waals surface area contributed by atoms with Crippen molar-refractivity contribution in [3.63, 3.8) is 0 Å². The van der Waals surface area contributed by atoms with E-state index in [0.717, 1.165) is 25.3 Å². The maximum Gasteiger partial charge on any atom is 0.158 e. The van der Waals surface area contributed by atoms with E-state index in [4.69, 9.17) is 5.26 Å². The second-order valence-electron chi connectivity index (χ2n) is 4.23.